The number of esters is 3. The van der Waals surface area contributed by atoms with Gasteiger partial charge in [0.2, 0.25) is 0 Å². The third kappa shape index (κ3) is 50.9. The molecule has 0 aliphatic rings. The van der Waals surface area contributed by atoms with Crippen LogP contribution in [0.2, 0.25) is 0 Å². The van der Waals surface area contributed by atoms with Crippen molar-refractivity contribution in [2.45, 2.75) is 232 Å². The summed E-state index contributed by atoms with van der Waals surface area (Å²) in [4.78, 5) is 37.9. The second kappa shape index (κ2) is 52.7. The first-order valence-electron chi connectivity index (χ1n) is 26.4. The van der Waals surface area contributed by atoms with Crippen LogP contribution < -0.4 is 0 Å². The van der Waals surface area contributed by atoms with Gasteiger partial charge in [0, 0.05) is 19.3 Å². The Bertz CT molecular complexity index is 1360. The molecule has 1 atom stereocenters. The van der Waals surface area contributed by atoms with Crippen LogP contribution in [0.5, 0.6) is 0 Å². The summed E-state index contributed by atoms with van der Waals surface area (Å²) < 4.78 is 16.7. The summed E-state index contributed by atoms with van der Waals surface area (Å²) in [6.45, 7) is 6.37. The predicted octanol–water partition coefficient (Wildman–Crippen LogP) is 17.5. The highest BCUT2D eigenvalue weighted by molar-refractivity contribution is 5.71. The van der Waals surface area contributed by atoms with E-state index in [1.165, 1.54) is 57.8 Å². The molecule has 0 bridgehead atoms. The number of unbranched alkanes of at least 4 members (excludes halogenated alkanes) is 17. The van der Waals surface area contributed by atoms with Crippen LogP contribution in [-0.2, 0) is 28.6 Å². The Balaban J connectivity index is 4.45. The second-order valence-electron chi connectivity index (χ2n) is 17.0. The summed E-state index contributed by atoms with van der Waals surface area (Å²) >= 11 is 0. The molecule has 1 unspecified atom stereocenters. The van der Waals surface area contributed by atoms with Crippen LogP contribution in [0.4, 0.5) is 0 Å². The maximum atomic E-state index is 12.8. The number of hydrogen-bond donors (Lipinski definition) is 0. The molecule has 0 fully saturated rings. The van der Waals surface area contributed by atoms with Crippen molar-refractivity contribution in [3.05, 3.63) is 109 Å². The van der Waals surface area contributed by atoms with Gasteiger partial charge in [0.1, 0.15) is 13.2 Å². The number of ether oxygens (including phenoxy) is 3. The van der Waals surface area contributed by atoms with E-state index in [9.17, 15) is 14.4 Å². The van der Waals surface area contributed by atoms with Gasteiger partial charge < -0.3 is 14.2 Å². The Hall–Kier alpha value is -3.93. The van der Waals surface area contributed by atoms with Crippen molar-refractivity contribution >= 4 is 17.9 Å². The molecule has 0 aromatic heterocycles. The SMILES string of the molecule is CC/C=C\C/C=C\C/C=C\C/C=C\C/C=C\C/C=C\C/C=C\CCCC(=O)OCC(COC(=O)CCCCCCC/C=C\CCC)OC(=O)CCCCCCC/C=C\CCCCCCC. The summed E-state index contributed by atoms with van der Waals surface area (Å²) in [7, 11) is 0. The van der Waals surface area contributed by atoms with Crippen molar-refractivity contribution in [2.24, 2.45) is 0 Å². The van der Waals surface area contributed by atoms with E-state index in [0.717, 1.165) is 122 Å². The average molecular weight is 901 g/mol. The zero-order chi connectivity index (χ0) is 47.2. The van der Waals surface area contributed by atoms with E-state index in [1.54, 1.807) is 0 Å². The molecule has 0 saturated carbocycles. The fourth-order valence-electron chi connectivity index (χ4n) is 6.78. The first kappa shape index (κ1) is 61.1. The minimum atomic E-state index is -0.809. The van der Waals surface area contributed by atoms with Gasteiger partial charge in [0.25, 0.3) is 0 Å². The van der Waals surface area contributed by atoms with Crippen LogP contribution in [0.25, 0.3) is 0 Å². The Labute approximate surface area is 400 Å². The summed E-state index contributed by atoms with van der Waals surface area (Å²) in [6.07, 6.45) is 70.8. The number of carbonyl (C=O) groups is 3. The van der Waals surface area contributed by atoms with Crippen molar-refractivity contribution in [3.8, 4) is 0 Å². The summed E-state index contributed by atoms with van der Waals surface area (Å²) in [6, 6.07) is 0. The van der Waals surface area contributed by atoms with E-state index in [4.69, 9.17) is 14.2 Å². The molecule has 368 valence electrons. The van der Waals surface area contributed by atoms with Crippen LogP contribution in [0.1, 0.15) is 226 Å². The van der Waals surface area contributed by atoms with Crippen LogP contribution in [-0.4, -0.2) is 37.2 Å². The number of hydrogen-bond acceptors (Lipinski definition) is 6. The normalized spacial score (nSPS) is 13.0. The molecule has 0 aliphatic carbocycles. The molecular formula is C59H96O6. The van der Waals surface area contributed by atoms with Crippen LogP contribution in [0, 0.1) is 0 Å². The van der Waals surface area contributed by atoms with Gasteiger partial charge in [-0.15, -0.1) is 0 Å². The molecule has 0 aromatic carbocycles. The number of rotatable bonds is 46. The van der Waals surface area contributed by atoms with Crippen molar-refractivity contribution in [1.29, 1.82) is 0 Å². The van der Waals surface area contributed by atoms with E-state index in [-0.39, 0.29) is 37.5 Å². The minimum Gasteiger partial charge on any atom is -0.462 e. The Morgan fingerprint density at radius 2 is 0.646 bits per heavy atom. The minimum absolute atomic E-state index is 0.106. The molecule has 65 heavy (non-hydrogen) atoms. The Kier molecular flexibility index (Phi) is 49.5. The Morgan fingerprint density at radius 1 is 0.323 bits per heavy atom. The van der Waals surface area contributed by atoms with Crippen molar-refractivity contribution in [1.82, 2.24) is 0 Å². The third-order valence-corrected chi connectivity index (χ3v) is 10.7. The van der Waals surface area contributed by atoms with Gasteiger partial charge in [0.15, 0.2) is 6.10 Å². The molecule has 0 heterocycles. The largest absolute Gasteiger partial charge is 0.462 e. The second-order valence-corrected chi connectivity index (χ2v) is 17.0. The summed E-state index contributed by atoms with van der Waals surface area (Å²) in [5, 5.41) is 0. The first-order chi connectivity index (χ1) is 32.0. The fourth-order valence-corrected chi connectivity index (χ4v) is 6.78. The zero-order valence-corrected chi connectivity index (χ0v) is 42.0. The van der Waals surface area contributed by atoms with E-state index in [2.05, 4.69) is 130 Å². The molecule has 0 aliphatic heterocycles. The molecule has 0 spiro atoms. The predicted molar refractivity (Wildman–Crippen MR) is 279 cm³/mol. The number of carbonyl (C=O) groups excluding carboxylic acids is 3. The monoisotopic (exact) mass is 901 g/mol. The van der Waals surface area contributed by atoms with Crippen LogP contribution in [0.15, 0.2) is 109 Å². The molecule has 0 radical (unpaired) electrons. The van der Waals surface area contributed by atoms with E-state index >= 15 is 0 Å². The zero-order valence-electron chi connectivity index (χ0n) is 42.0. The van der Waals surface area contributed by atoms with Crippen molar-refractivity contribution in [2.75, 3.05) is 13.2 Å². The molecule has 0 N–H and O–H groups in total. The van der Waals surface area contributed by atoms with Crippen LogP contribution >= 0.6 is 0 Å². The standard InChI is InChI=1S/C59H96O6/c1-4-7-10-13-16-19-22-24-26-27-28-29-30-31-32-33-34-36-37-40-43-46-49-52-58(61)64-55-56(54-63-57(60)51-48-45-42-39-21-18-15-12-9-6-3)65-59(62)53-50-47-44-41-38-35-25-23-20-17-14-11-8-5-2/h7,10,12,15-16,19,23-26,28-29,31-32,34,36,40,43,56H,4-6,8-9,11,13-14,17-18,20-22,27,30,33,35,37-39,41-42,44-55H2,1-3H3/b10-7-,15-12-,19-16-,25-23-,26-24-,29-28-,32-31-,36-34-,43-40-. The molecule has 6 nitrogen and oxygen atoms in total. The van der Waals surface area contributed by atoms with Gasteiger partial charge >= 0.3 is 17.9 Å². The molecule has 0 amide bonds. The van der Waals surface area contributed by atoms with Crippen molar-refractivity contribution < 1.29 is 28.6 Å². The van der Waals surface area contributed by atoms with E-state index in [0.29, 0.717) is 19.3 Å². The highest BCUT2D eigenvalue weighted by Crippen LogP contribution is 2.13. The smallest absolute Gasteiger partial charge is 0.306 e. The quantitative estimate of drug-likeness (QED) is 0.0262. The summed E-state index contributed by atoms with van der Waals surface area (Å²) in [5.74, 6) is -0.992. The first-order valence-corrected chi connectivity index (χ1v) is 26.4. The molecular weight excluding hydrogens is 805 g/mol. The lowest BCUT2D eigenvalue weighted by atomic mass is 10.1. The van der Waals surface area contributed by atoms with Crippen molar-refractivity contribution in [3.63, 3.8) is 0 Å². The lowest BCUT2D eigenvalue weighted by Gasteiger charge is -2.18. The van der Waals surface area contributed by atoms with Crippen LogP contribution in [0.3, 0.4) is 0 Å². The third-order valence-electron chi connectivity index (χ3n) is 10.7. The molecule has 0 saturated heterocycles. The molecule has 0 aromatic rings. The van der Waals surface area contributed by atoms with E-state index < -0.39 is 6.10 Å². The van der Waals surface area contributed by atoms with Gasteiger partial charge in [-0.25, -0.2) is 0 Å². The molecule has 0 rings (SSSR count). The Morgan fingerprint density at radius 3 is 1.08 bits per heavy atom. The topological polar surface area (TPSA) is 78.9 Å². The maximum absolute atomic E-state index is 12.8. The summed E-state index contributed by atoms with van der Waals surface area (Å²) in [5.41, 5.74) is 0. The lowest BCUT2D eigenvalue weighted by Crippen LogP contribution is -2.30. The number of allylic oxidation sites excluding steroid dienone is 18. The van der Waals surface area contributed by atoms with Gasteiger partial charge in [-0.3, -0.25) is 14.4 Å². The van der Waals surface area contributed by atoms with E-state index in [1.807, 2.05) is 0 Å². The van der Waals surface area contributed by atoms with Gasteiger partial charge in [0.05, 0.1) is 0 Å². The highest BCUT2D eigenvalue weighted by atomic mass is 16.6. The fraction of sp³-hybridized carbons (Fsp3) is 0.644. The molecule has 6 heteroatoms. The lowest BCUT2D eigenvalue weighted by molar-refractivity contribution is -0.167. The highest BCUT2D eigenvalue weighted by Gasteiger charge is 2.19. The van der Waals surface area contributed by atoms with Gasteiger partial charge in [-0.1, -0.05) is 201 Å². The maximum Gasteiger partial charge on any atom is 0.306 e. The average Bonchev–Trinajstić information content (AvgIpc) is 3.30. The van der Waals surface area contributed by atoms with Gasteiger partial charge in [-0.2, -0.15) is 0 Å². The van der Waals surface area contributed by atoms with Gasteiger partial charge in [-0.05, 0) is 116 Å².